The maximum absolute atomic E-state index is 13.2. The van der Waals surface area contributed by atoms with Crippen LogP contribution in [0.1, 0.15) is 22.3 Å². The molecule has 1 N–H and O–H groups in total. The molecule has 0 radical (unpaired) electrons. The number of nitrogens with one attached hydrogen (secondary N) is 1. The molecule has 6 atom stereocenters. The number of carbonyl (C=O) groups is 4. The fourth-order valence-electron chi connectivity index (χ4n) is 5.67. The van der Waals surface area contributed by atoms with Gasteiger partial charge in [0, 0.05) is 17.3 Å². The number of hydrogen-bond donors (Lipinski definition) is 1. The third-order valence-corrected chi connectivity index (χ3v) is 8.67. The smallest absolute Gasteiger partial charge is 0.338 e. The minimum absolute atomic E-state index is 0.0438. The Morgan fingerprint density at radius 1 is 1.08 bits per heavy atom. The van der Waals surface area contributed by atoms with Crippen LogP contribution in [0, 0.1) is 40.7 Å². The maximum atomic E-state index is 13.2. The Hall–Kier alpha value is -3.50. The van der Waals surface area contributed by atoms with E-state index in [9.17, 15) is 29.3 Å². The number of alkyl halides is 2. The molecule has 2 aromatic carbocycles. The van der Waals surface area contributed by atoms with E-state index >= 15 is 0 Å². The number of nitro groups is 1. The average molecular weight is 546 g/mol. The lowest BCUT2D eigenvalue weighted by Crippen LogP contribution is -2.37. The lowest BCUT2D eigenvalue weighted by Gasteiger charge is -2.28. The Morgan fingerprint density at radius 3 is 2.35 bits per heavy atom. The summed E-state index contributed by atoms with van der Waals surface area (Å²) in [4.78, 5) is 62.8. The van der Waals surface area contributed by atoms with Crippen LogP contribution in [0.4, 0.5) is 17.1 Å². The van der Waals surface area contributed by atoms with E-state index in [2.05, 4.69) is 5.32 Å². The van der Waals surface area contributed by atoms with E-state index in [-0.39, 0.29) is 57.0 Å². The lowest BCUT2D eigenvalue weighted by molar-refractivity contribution is -0.385. The van der Waals surface area contributed by atoms with Crippen LogP contribution >= 0.6 is 23.2 Å². The van der Waals surface area contributed by atoms with Crippen LogP contribution < -0.4 is 10.2 Å². The highest BCUT2D eigenvalue weighted by Crippen LogP contribution is 2.59. The Kier molecular flexibility index (Phi) is 6.41. The Balaban J connectivity index is 1.25. The molecule has 2 aliphatic carbocycles. The standard InChI is InChI=1S/C25H21Cl2N3O7/c1-11-5-6-13(8-17(11)30(35)36)28-18(31)10-37-25(34)12-3-2-4-14(7-12)29-23(32)19-15-9-16(20(19)24(29)33)22(27)21(15)26/h2-8,15-16,19-22H,9-10H2,1H3,(H,28,31)/t15-,16-,19-,20-,21+,22+/m1/s1. The topological polar surface area (TPSA) is 136 Å². The highest BCUT2D eigenvalue weighted by molar-refractivity contribution is 6.32. The van der Waals surface area contributed by atoms with Crippen molar-refractivity contribution in [3.05, 3.63) is 63.7 Å². The number of fused-ring (bicyclic) bond motifs is 5. The van der Waals surface area contributed by atoms with Crippen molar-refractivity contribution >= 4 is 64.0 Å². The number of benzene rings is 2. The molecule has 10 nitrogen and oxygen atoms in total. The van der Waals surface area contributed by atoms with Crippen molar-refractivity contribution in [2.24, 2.45) is 23.7 Å². The first-order valence-electron chi connectivity index (χ1n) is 11.6. The van der Waals surface area contributed by atoms with Crippen molar-refractivity contribution in [2.75, 3.05) is 16.8 Å². The first kappa shape index (κ1) is 25.2. The molecule has 192 valence electrons. The molecule has 5 rings (SSSR count). The molecule has 1 heterocycles. The average Bonchev–Trinajstić information content (AvgIpc) is 3.48. The van der Waals surface area contributed by atoms with E-state index in [0.29, 0.717) is 12.0 Å². The van der Waals surface area contributed by atoms with Crippen LogP contribution in [0.5, 0.6) is 0 Å². The molecule has 37 heavy (non-hydrogen) atoms. The molecule has 1 aliphatic heterocycles. The van der Waals surface area contributed by atoms with Crippen LogP contribution in [0.3, 0.4) is 0 Å². The van der Waals surface area contributed by atoms with E-state index in [1.165, 1.54) is 36.4 Å². The first-order chi connectivity index (χ1) is 17.6. The van der Waals surface area contributed by atoms with Gasteiger partial charge in [-0.25, -0.2) is 4.79 Å². The Labute approximate surface area is 221 Å². The zero-order valence-corrected chi connectivity index (χ0v) is 20.9. The van der Waals surface area contributed by atoms with Crippen molar-refractivity contribution in [1.82, 2.24) is 0 Å². The zero-order valence-electron chi connectivity index (χ0n) is 19.4. The highest BCUT2D eigenvalue weighted by atomic mass is 35.5. The number of imide groups is 1. The molecule has 2 aromatic rings. The number of hydrogen-bond acceptors (Lipinski definition) is 7. The number of anilines is 2. The van der Waals surface area contributed by atoms with Crippen LogP contribution in [0.25, 0.3) is 0 Å². The summed E-state index contributed by atoms with van der Waals surface area (Å²) in [6.07, 6.45) is 0.646. The van der Waals surface area contributed by atoms with Crippen LogP contribution in [-0.4, -0.2) is 46.0 Å². The quantitative estimate of drug-likeness (QED) is 0.192. The number of amides is 3. The molecule has 1 saturated heterocycles. The summed E-state index contributed by atoms with van der Waals surface area (Å²) in [6, 6.07) is 10.1. The second-order valence-corrected chi connectivity index (χ2v) is 10.5. The largest absolute Gasteiger partial charge is 0.452 e. The van der Waals surface area contributed by atoms with E-state index in [1.807, 2.05) is 0 Å². The van der Waals surface area contributed by atoms with Gasteiger partial charge in [0.25, 0.3) is 11.6 Å². The third kappa shape index (κ3) is 4.23. The molecular weight excluding hydrogens is 525 g/mol. The van der Waals surface area contributed by atoms with Crippen molar-refractivity contribution in [1.29, 1.82) is 0 Å². The zero-order chi connectivity index (χ0) is 26.6. The number of aryl methyl sites for hydroxylation is 1. The number of ether oxygens (including phenoxy) is 1. The molecule has 0 unspecified atom stereocenters. The number of carbonyl (C=O) groups excluding carboxylic acids is 4. The maximum Gasteiger partial charge on any atom is 0.338 e. The normalized spacial score (nSPS) is 27.8. The van der Waals surface area contributed by atoms with Crippen molar-refractivity contribution < 1.29 is 28.8 Å². The van der Waals surface area contributed by atoms with Gasteiger partial charge in [-0.05, 0) is 49.4 Å². The third-order valence-electron chi connectivity index (χ3n) is 7.35. The number of nitrogens with zero attached hydrogens (tertiary/aromatic N) is 2. The molecule has 2 saturated carbocycles. The SMILES string of the molecule is Cc1ccc(NC(=O)COC(=O)c2cccc(N3C(=O)[C@@H]4[C@H]5C[C@@H]([C@H](Cl)[C@H]5Cl)[C@H]4C3=O)c2)cc1[N+](=O)[O-]. The monoisotopic (exact) mass is 545 g/mol. The molecular formula is C25H21Cl2N3O7. The van der Waals surface area contributed by atoms with Gasteiger partial charge in [-0.1, -0.05) is 12.1 Å². The fourth-order valence-corrected chi connectivity index (χ4v) is 6.56. The molecule has 12 heteroatoms. The van der Waals surface area contributed by atoms with Gasteiger partial charge in [-0.3, -0.25) is 29.4 Å². The second kappa shape index (κ2) is 9.42. The molecule has 0 spiro atoms. The van der Waals surface area contributed by atoms with Crippen LogP contribution in [0.2, 0.25) is 0 Å². The number of halogens is 2. The van der Waals surface area contributed by atoms with Crippen molar-refractivity contribution in [2.45, 2.75) is 24.1 Å². The predicted octanol–water partition coefficient (Wildman–Crippen LogP) is 3.67. The molecule has 3 amide bonds. The summed E-state index contributed by atoms with van der Waals surface area (Å²) in [5, 5.41) is 12.8. The van der Waals surface area contributed by atoms with Crippen molar-refractivity contribution in [3.8, 4) is 0 Å². The molecule has 2 bridgehead atoms. The van der Waals surface area contributed by atoms with Gasteiger partial charge >= 0.3 is 5.97 Å². The van der Waals surface area contributed by atoms with E-state index < -0.39 is 35.2 Å². The summed E-state index contributed by atoms with van der Waals surface area (Å²) in [5.74, 6) is -3.61. The highest BCUT2D eigenvalue weighted by Gasteiger charge is 2.66. The van der Waals surface area contributed by atoms with Gasteiger partial charge in [-0.2, -0.15) is 0 Å². The summed E-state index contributed by atoms with van der Waals surface area (Å²) >= 11 is 12.8. The van der Waals surface area contributed by atoms with Gasteiger partial charge in [-0.15, -0.1) is 23.2 Å². The molecule has 3 fully saturated rings. The minimum atomic E-state index is -0.840. The summed E-state index contributed by atoms with van der Waals surface area (Å²) in [5.41, 5.74) is 0.738. The number of esters is 1. The van der Waals surface area contributed by atoms with Gasteiger partial charge < -0.3 is 10.1 Å². The van der Waals surface area contributed by atoms with Gasteiger partial charge in [0.1, 0.15) is 0 Å². The van der Waals surface area contributed by atoms with Gasteiger partial charge in [0.15, 0.2) is 6.61 Å². The second-order valence-electron chi connectivity index (χ2n) is 9.45. The summed E-state index contributed by atoms with van der Waals surface area (Å²) in [7, 11) is 0. The fraction of sp³-hybridized carbons (Fsp3) is 0.360. The van der Waals surface area contributed by atoms with E-state index in [4.69, 9.17) is 27.9 Å². The van der Waals surface area contributed by atoms with Gasteiger partial charge in [0.2, 0.25) is 11.8 Å². The minimum Gasteiger partial charge on any atom is -0.452 e. The number of nitro benzene ring substituents is 1. The predicted molar refractivity (Wildman–Crippen MR) is 134 cm³/mol. The summed E-state index contributed by atoms with van der Waals surface area (Å²) < 4.78 is 5.07. The van der Waals surface area contributed by atoms with E-state index in [1.54, 1.807) is 13.0 Å². The molecule has 3 aliphatic rings. The first-order valence-corrected chi connectivity index (χ1v) is 12.4. The van der Waals surface area contributed by atoms with Crippen molar-refractivity contribution in [3.63, 3.8) is 0 Å². The van der Waals surface area contributed by atoms with E-state index in [0.717, 1.165) is 4.90 Å². The Bertz CT molecular complexity index is 1320. The number of rotatable bonds is 6. The van der Waals surface area contributed by atoms with Crippen LogP contribution in [-0.2, 0) is 19.1 Å². The van der Waals surface area contributed by atoms with Crippen LogP contribution in [0.15, 0.2) is 42.5 Å². The molecule has 0 aromatic heterocycles. The lowest BCUT2D eigenvalue weighted by atomic mass is 9.80. The van der Waals surface area contributed by atoms with Gasteiger partial charge in [0.05, 0.1) is 38.8 Å². The Morgan fingerprint density at radius 2 is 1.73 bits per heavy atom. The summed E-state index contributed by atoms with van der Waals surface area (Å²) in [6.45, 7) is 0.927.